The van der Waals surface area contributed by atoms with Gasteiger partial charge in [-0.25, -0.2) is 8.42 Å². The van der Waals surface area contributed by atoms with Crippen molar-refractivity contribution in [3.8, 4) is 0 Å². The zero-order chi connectivity index (χ0) is 18.4. The van der Waals surface area contributed by atoms with Crippen LogP contribution in [0.2, 0.25) is 0 Å². The Balaban J connectivity index is 2.27. The Morgan fingerprint density at radius 2 is 1.76 bits per heavy atom. The zero-order valence-electron chi connectivity index (χ0n) is 14.3. The highest BCUT2D eigenvalue weighted by atomic mass is 32.2. The van der Waals surface area contributed by atoms with Gasteiger partial charge in [-0.3, -0.25) is 4.79 Å². The molecule has 0 aromatic heterocycles. The molecular weight excluding hydrogens is 340 g/mol. The minimum absolute atomic E-state index is 0.0907. The number of sulfonamides is 1. The Morgan fingerprint density at radius 3 is 2.40 bits per heavy atom. The molecule has 6 nitrogen and oxygen atoms in total. The van der Waals surface area contributed by atoms with Gasteiger partial charge in [0.15, 0.2) is 0 Å². The van der Waals surface area contributed by atoms with Crippen LogP contribution >= 0.6 is 0 Å². The van der Waals surface area contributed by atoms with Gasteiger partial charge >= 0.3 is 0 Å². The molecule has 0 aliphatic carbocycles. The quantitative estimate of drug-likeness (QED) is 0.792. The molecule has 0 heterocycles. The fourth-order valence-electron chi connectivity index (χ4n) is 2.46. The Kier molecular flexibility index (Phi) is 6.30. The molecule has 0 saturated heterocycles. The molecule has 0 atom stereocenters. The summed E-state index contributed by atoms with van der Waals surface area (Å²) < 4.78 is 26.5. The van der Waals surface area contributed by atoms with Gasteiger partial charge < -0.3 is 10.4 Å². The molecule has 7 heteroatoms. The summed E-state index contributed by atoms with van der Waals surface area (Å²) in [6, 6.07) is 12.8. The zero-order valence-corrected chi connectivity index (χ0v) is 15.1. The van der Waals surface area contributed by atoms with Gasteiger partial charge in [0.1, 0.15) is 0 Å². The first-order valence-corrected chi connectivity index (χ1v) is 9.47. The molecule has 2 rings (SSSR count). The lowest BCUT2D eigenvalue weighted by Gasteiger charge is -2.18. The topological polar surface area (TPSA) is 86.7 Å². The van der Waals surface area contributed by atoms with Crippen molar-refractivity contribution in [2.75, 3.05) is 18.4 Å². The van der Waals surface area contributed by atoms with Crippen LogP contribution in [0.15, 0.2) is 53.4 Å². The molecule has 1 amide bonds. The van der Waals surface area contributed by atoms with Crippen molar-refractivity contribution in [1.82, 2.24) is 4.31 Å². The van der Waals surface area contributed by atoms with E-state index in [1.807, 2.05) is 0 Å². The molecule has 0 bridgehead atoms. The molecule has 0 fully saturated rings. The third-order valence-electron chi connectivity index (χ3n) is 3.81. The lowest BCUT2D eigenvalue weighted by atomic mass is 10.2. The molecule has 2 N–H and O–H groups in total. The smallest absolute Gasteiger partial charge is 0.255 e. The molecule has 0 aliphatic heterocycles. The average Bonchev–Trinajstić information content (AvgIpc) is 2.62. The Bertz CT molecular complexity index is 846. The Hall–Kier alpha value is -2.22. The second kappa shape index (κ2) is 8.24. The highest BCUT2D eigenvalue weighted by Gasteiger charge is 2.22. The lowest BCUT2D eigenvalue weighted by molar-refractivity contribution is 0.102. The van der Waals surface area contributed by atoms with Gasteiger partial charge in [0.25, 0.3) is 5.91 Å². The monoisotopic (exact) mass is 362 g/mol. The van der Waals surface area contributed by atoms with Crippen LogP contribution in [0.1, 0.15) is 29.8 Å². The minimum Gasteiger partial charge on any atom is -0.392 e. The number of anilines is 1. The van der Waals surface area contributed by atoms with Crippen molar-refractivity contribution in [2.24, 2.45) is 0 Å². The normalized spacial score (nSPS) is 11.5. The standard InChI is InChI=1S/C18H22N2O4S/c1-3-20(4-2)25(23,24)17-10-6-8-15(12-17)18(22)19-16-9-5-7-14(11-16)13-21/h5-12,21H,3-4,13H2,1-2H3,(H,19,22). The van der Waals surface area contributed by atoms with E-state index in [2.05, 4.69) is 5.32 Å². The molecular formula is C18H22N2O4S. The van der Waals surface area contributed by atoms with Gasteiger partial charge in [-0.15, -0.1) is 0 Å². The summed E-state index contributed by atoms with van der Waals surface area (Å²) in [7, 11) is -3.62. The number of nitrogens with zero attached hydrogens (tertiary/aromatic N) is 1. The maximum atomic E-state index is 12.6. The molecule has 0 spiro atoms. The number of carbonyl (C=O) groups excluding carboxylic acids is 1. The Morgan fingerprint density at radius 1 is 1.08 bits per heavy atom. The summed E-state index contributed by atoms with van der Waals surface area (Å²) in [5.41, 5.74) is 1.46. The number of benzene rings is 2. The number of nitrogens with one attached hydrogen (secondary N) is 1. The van der Waals surface area contributed by atoms with E-state index in [0.717, 1.165) is 0 Å². The van der Waals surface area contributed by atoms with Gasteiger partial charge in [0, 0.05) is 24.3 Å². The van der Waals surface area contributed by atoms with Crippen LogP contribution in [0.3, 0.4) is 0 Å². The van der Waals surface area contributed by atoms with E-state index in [9.17, 15) is 13.2 Å². The summed E-state index contributed by atoms with van der Waals surface area (Å²) in [4.78, 5) is 12.5. The fraction of sp³-hybridized carbons (Fsp3) is 0.278. The van der Waals surface area contributed by atoms with Crippen LogP contribution < -0.4 is 5.32 Å². The molecule has 0 saturated carbocycles. The van der Waals surface area contributed by atoms with Crippen LogP contribution in [0.25, 0.3) is 0 Å². The van der Waals surface area contributed by atoms with Crippen LogP contribution in [-0.2, 0) is 16.6 Å². The van der Waals surface area contributed by atoms with Crippen LogP contribution in [-0.4, -0.2) is 36.8 Å². The maximum Gasteiger partial charge on any atom is 0.255 e. The van der Waals surface area contributed by atoms with Gasteiger partial charge in [0.05, 0.1) is 11.5 Å². The van der Waals surface area contributed by atoms with Crippen LogP contribution in [0, 0.1) is 0 Å². The predicted octanol–water partition coefficient (Wildman–Crippen LogP) is 2.46. The maximum absolute atomic E-state index is 12.6. The number of hydrogen-bond donors (Lipinski definition) is 2. The van der Waals surface area contributed by atoms with E-state index in [0.29, 0.717) is 24.3 Å². The fourth-order valence-corrected chi connectivity index (χ4v) is 3.97. The van der Waals surface area contributed by atoms with Crippen molar-refractivity contribution < 1.29 is 18.3 Å². The SMILES string of the molecule is CCN(CC)S(=O)(=O)c1cccc(C(=O)Nc2cccc(CO)c2)c1. The van der Waals surface area contributed by atoms with Gasteiger partial charge in [-0.2, -0.15) is 4.31 Å². The van der Waals surface area contributed by atoms with E-state index < -0.39 is 15.9 Å². The summed E-state index contributed by atoms with van der Waals surface area (Å²) in [5, 5.41) is 11.9. The summed E-state index contributed by atoms with van der Waals surface area (Å²) in [6.07, 6.45) is 0. The van der Waals surface area contributed by atoms with E-state index in [1.54, 1.807) is 50.2 Å². The average molecular weight is 362 g/mol. The summed E-state index contributed by atoms with van der Waals surface area (Å²) in [5.74, 6) is -0.410. The number of rotatable bonds is 7. The predicted molar refractivity (Wildman–Crippen MR) is 96.9 cm³/mol. The van der Waals surface area contributed by atoms with Crippen molar-refractivity contribution in [3.63, 3.8) is 0 Å². The second-order valence-corrected chi connectivity index (χ2v) is 7.37. The second-order valence-electron chi connectivity index (χ2n) is 5.43. The van der Waals surface area contributed by atoms with Crippen molar-refractivity contribution >= 4 is 21.6 Å². The van der Waals surface area contributed by atoms with Crippen molar-refractivity contribution in [1.29, 1.82) is 0 Å². The Labute approximate surface area is 148 Å². The highest BCUT2D eigenvalue weighted by Crippen LogP contribution is 2.18. The first-order valence-electron chi connectivity index (χ1n) is 8.03. The summed E-state index contributed by atoms with van der Waals surface area (Å²) in [6.45, 7) is 4.14. The molecule has 0 unspecified atom stereocenters. The van der Waals surface area contributed by atoms with E-state index >= 15 is 0 Å². The highest BCUT2D eigenvalue weighted by molar-refractivity contribution is 7.89. The number of aliphatic hydroxyl groups is 1. The molecule has 0 aliphatic rings. The van der Waals surface area contributed by atoms with Gasteiger partial charge in [0.2, 0.25) is 10.0 Å². The first kappa shape index (κ1) is 19.1. The van der Waals surface area contributed by atoms with Crippen LogP contribution in [0.4, 0.5) is 5.69 Å². The lowest BCUT2D eigenvalue weighted by Crippen LogP contribution is -2.30. The van der Waals surface area contributed by atoms with E-state index in [-0.39, 0.29) is 17.1 Å². The number of hydrogen-bond acceptors (Lipinski definition) is 4. The first-order chi connectivity index (χ1) is 11.9. The largest absolute Gasteiger partial charge is 0.392 e. The van der Waals surface area contributed by atoms with Gasteiger partial charge in [-0.05, 0) is 35.9 Å². The molecule has 2 aromatic carbocycles. The van der Waals surface area contributed by atoms with E-state index in [4.69, 9.17) is 5.11 Å². The minimum atomic E-state index is -3.62. The summed E-state index contributed by atoms with van der Waals surface area (Å²) >= 11 is 0. The van der Waals surface area contributed by atoms with E-state index in [1.165, 1.54) is 16.4 Å². The third-order valence-corrected chi connectivity index (χ3v) is 5.85. The third kappa shape index (κ3) is 4.45. The van der Waals surface area contributed by atoms with Gasteiger partial charge in [-0.1, -0.05) is 32.0 Å². The van der Waals surface area contributed by atoms with Crippen LogP contribution in [0.5, 0.6) is 0 Å². The molecule has 25 heavy (non-hydrogen) atoms. The van der Waals surface area contributed by atoms with Crippen molar-refractivity contribution in [3.05, 3.63) is 59.7 Å². The molecule has 134 valence electrons. The molecule has 0 radical (unpaired) electrons. The molecule has 2 aromatic rings. The number of carbonyl (C=O) groups is 1. The number of amides is 1. The number of aliphatic hydroxyl groups excluding tert-OH is 1. The van der Waals surface area contributed by atoms with Crippen molar-refractivity contribution in [2.45, 2.75) is 25.3 Å².